The van der Waals surface area contributed by atoms with E-state index < -0.39 is 5.60 Å². The number of amides is 3. The molecule has 0 aromatic heterocycles. The molecule has 0 atom stereocenters. The molecule has 0 radical (unpaired) electrons. The van der Waals surface area contributed by atoms with Crippen molar-refractivity contribution in [3.8, 4) is 11.5 Å². The lowest BCUT2D eigenvalue weighted by molar-refractivity contribution is -0.133. The molecular weight excluding hydrogens is 422 g/mol. The lowest BCUT2D eigenvalue weighted by Gasteiger charge is -2.38. The van der Waals surface area contributed by atoms with E-state index in [4.69, 9.17) is 9.47 Å². The van der Waals surface area contributed by atoms with Gasteiger partial charge in [-0.2, -0.15) is 0 Å². The molecule has 1 aliphatic carbocycles. The van der Waals surface area contributed by atoms with Crippen molar-refractivity contribution in [1.29, 1.82) is 0 Å². The van der Waals surface area contributed by atoms with Crippen LogP contribution in [0.5, 0.6) is 11.5 Å². The van der Waals surface area contributed by atoms with Crippen molar-refractivity contribution in [1.82, 2.24) is 5.32 Å². The molecule has 2 aliphatic rings. The van der Waals surface area contributed by atoms with Crippen LogP contribution in [0.4, 0.5) is 11.4 Å². The lowest BCUT2D eigenvalue weighted by atomic mass is 10.0. The van der Waals surface area contributed by atoms with E-state index in [1.54, 1.807) is 63.4 Å². The number of hydrogen-bond acceptors (Lipinski definition) is 5. The van der Waals surface area contributed by atoms with Gasteiger partial charge in [0.15, 0.2) is 5.60 Å². The number of fused-ring (bicyclic) bond motifs is 1. The van der Waals surface area contributed by atoms with Crippen LogP contribution in [0.3, 0.4) is 0 Å². The molecule has 3 amide bonds. The first kappa shape index (κ1) is 22.6. The second-order valence-electron chi connectivity index (χ2n) is 8.92. The van der Waals surface area contributed by atoms with E-state index in [-0.39, 0.29) is 30.3 Å². The largest absolute Gasteiger partial charge is 0.497 e. The number of benzene rings is 2. The third kappa shape index (κ3) is 4.94. The maximum atomic E-state index is 13.2. The molecule has 8 heteroatoms. The van der Waals surface area contributed by atoms with Gasteiger partial charge in [-0.1, -0.05) is 18.9 Å². The fraction of sp³-hybridized carbons (Fsp3) is 0.400. The number of hydrogen-bond donors (Lipinski definition) is 2. The van der Waals surface area contributed by atoms with E-state index in [0.717, 1.165) is 25.7 Å². The Morgan fingerprint density at radius 1 is 1.15 bits per heavy atom. The monoisotopic (exact) mass is 451 g/mol. The van der Waals surface area contributed by atoms with Gasteiger partial charge in [-0.15, -0.1) is 0 Å². The molecule has 4 rings (SSSR count). The van der Waals surface area contributed by atoms with Crippen LogP contribution in [-0.4, -0.2) is 43.0 Å². The molecule has 33 heavy (non-hydrogen) atoms. The topological polar surface area (TPSA) is 97.0 Å². The van der Waals surface area contributed by atoms with Crippen molar-refractivity contribution in [2.24, 2.45) is 0 Å². The molecular formula is C25H29N3O5. The Balaban J connectivity index is 1.57. The van der Waals surface area contributed by atoms with E-state index in [1.807, 2.05) is 0 Å². The number of ether oxygens (including phenoxy) is 2. The summed E-state index contributed by atoms with van der Waals surface area (Å²) < 4.78 is 11.1. The summed E-state index contributed by atoms with van der Waals surface area (Å²) in [5.41, 5.74) is 0.245. The fourth-order valence-corrected chi connectivity index (χ4v) is 4.25. The first-order valence-corrected chi connectivity index (χ1v) is 11.2. The summed E-state index contributed by atoms with van der Waals surface area (Å²) in [6, 6.07) is 12.1. The highest BCUT2D eigenvalue weighted by Gasteiger charge is 2.42. The molecule has 1 fully saturated rings. The molecule has 2 aromatic rings. The fourth-order valence-electron chi connectivity index (χ4n) is 4.25. The van der Waals surface area contributed by atoms with Crippen molar-refractivity contribution in [2.45, 2.75) is 51.2 Å². The van der Waals surface area contributed by atoms with Crippen molar-refractivity contribution in [3.05, 3.63) is 48.0 Å². The number of nitrogens with one attached hydrogen (secondary N) is 2. The van der Waals surface area contributed by atoms with Gasteiger partial charge in [0.25, 0.3) is 11.8 Å². The van der Waals surface area contributed by atoms with E-state index >= 15 is 0 Å². The second-order valence-corrected chi connectivity index (χ2v) is 8.92. The van der Waals surface area contributed by atoms with Crippen molar-refractivity contribution in [2.75, 3.05) is 23.9 Å². The average Bonchev–Trinajstić information content (AvgIpc) is 3.29. The van der Waals surface area contributed by atoms with Gasteiger partial charge < -0.3 is 20.1 Å². The van der Waals surface area contributed by atoms with E-state index in [1.165, 1.54) is 4.90 Å². The van der Waals surface area contributed by atoms with Gasteiger partial charge in [0.05, 0.1) is 12.8 Å². The summed E-state index contributed by atoms with van der Waals surface area (Å²) in [6.45, 7) is 3.10. The minimum absolute atomic E-state index is 0.176. The van der Waals surface area contributed by atoms with Crippen LogP contribution in [0, 0.1) is 0 Å². The van der Waals surface area contributed by atoms with Gasteiger partial charge >= 0.3 is 0 Å². The van der Waals surface area contributed by atoms with Crippen molar-refractivity contribution in [3.63, 3.8) is 0 Å². The van der Waals surface area contributed by atoms with Gasteiger partial charge in [-0.25, -0.2) is 0 Å². The standard InChI is InChI=1S/C25H29N3O5/c1-25(2)24(31)28(15-22(29)26-18-9-6-10-19(14-18)32-3)20-13-16(11-12-21(20)33-25)23(30)27-17-7-4-5-8-17/h6,9-14,17H,4-5,7-8,15H2,1-3H3,(H,26,29)(H,27,30). The van der Waals surface area contributed by atoms with Gasteiger partial charge in [-0.05, 0) is 57.0 Å². The Kier molecular flexibility index (Phi) is 6.26. The van der Waals surface area contributed by atoms with E-state index in [2.05, 4.69) is 10.6 Å². The summed E-state index contributed by atoms with van der Waals surface area (Å²) in [4.78, 5) is 40.1. The zero-order chi connectivity index (χ0) is 23.6. The van der Waals surface area contributed by atoms with Crippen LogP contribution in [0.1, 0.15) is 49.9 Å². The summed E-state index contributed by atoms with van der Waals surface area (Å²) in [6.07, 6.45) is 4.18. The Morgan fingerprint density at radius 2 is 1.91 bits per heavy atom. The molecule has 2 aromatic carbocycles. The predicted octanol–water partition coefficient (Wildman–Crippen LogP) is 3.51. The molecule has 0 saturated heterocycles. The Bertz CT molecular complexity index is 1080. The third-order valence-corrected chi connectivity index (χ3v) is 5.98. The highest BCUT2D eigenvalue weighted by Crippen LogP contribution is 2.38. The second kappa shape index (κ2) is 9.13. The van der Waals surface area contributed by atoms with Gasteiger partial charge in [0.2, 0.25) is 5.91 Å². The molecule has 8 nitrogen and oxygen atoms in total. The Hall–Kier alpha value is -3.55. The van der Waals surface area contributed by atoms with E-state index in [9.17, 15) is 14.4 Å². The third-order valence-electron chi connectivity index (χ3n) is 5.98. The highest BCUT2D eigenvalue weighted by atomic mass is 16.5. The maximum Gasteiger partial charge on any atom is 0.271 e. The zero-order valence-corrected chi connectivity index (χ0v) is 19.1. The minimum atomic E-state index is -1.14. The van der Waals surface area contributed by atoms with Crippen LogP contribution in [0.25, 0.3) is 0 Å². The molecule has 1 aliphatic heterocycles. The predicted molar refractivity (Wildman–Crippen MR) is 125 cm³/mol. The molecule has 0 bridgehead atoms. The van der Waals surface area contributed by atoms with Crippen molar-refractivity contribution >= 4 is 29.1 Å². The number of rotatable bonds is 6. The molecule has 0 unspecified atom stereocenters. The van der Waals surface area contributed by atoms with Crippen LogP contribution >= 0.6 is 0 Å². The molecule has 2 N–H and O–H groups in total. The van der Waals surface area contributed by atoms with E-state index in [0.29, 0.717) is 28.4 Å². The molecule has 1 saturated carbocycles. The van der Waals surface area contributed by atoms with Crippen LogP contribution < -0.4 is 25.0 Å². The van der Waals surface area contributed by atoms with Gasteiger partial charge in [0.1, 0.15) is 18.0 Å². The Labute approximate surface area is 193 Å². The summed E-state index contributed by atoms with van der Waals surface area (Å²) >= 11 is 0. The first-order valence-electron chi connectivity index (χ1n) is 11.2. The maximum absolute atomic E-state index is 13.2. The van der Waals surface area contributed by atoms with Crippen LogP contribution in [-0.2, 0) is 9.59 Å². The number of carbonyl (C=O) groups excluding carboxylic acids is 3. The zero-order valence-electron chi connectivity index (χ0n) is 19.1. The average molecular weight is 452 g/mol. The molecule has 1 heterocycles. The number of nitrogens with zero attached hydrogens (tertiary/aromatic N) is 1. The number of carbonyl (C=O) groups is 3. The first-order chi connectivity index (χ1) is 15.8. The summed E-state index contributed by atoms with van der Waals surface area (Å²) in [7, 11) is 1.55. The lowest BCUT2D eigenvalue weighted by Crippen LogP contribution is -2.54. The van der Waals surface area contributed by atoms with Crippen molar-refractivity contribution < 1.29 is 23.9 Å². The summed E-state index contributed by atoms with van der Waals surface area (Å²) in [5, 5.41) is 5.85. The molecule has 174 valence electrons. The molecule has 0 spiro atoms. The normalized spacial score (nSPS) is 17.2. The number of anilines is 2. The van der Waals surface area contributed by atoms with Crippen LogP contribution in [0.15, 0.2) is 42.5 Å². The van der Waals surface area contributed by atoms with Gasteiger partial charge in [0, 0.05) is 23.4 Å². The SMILES string of the molecule is COc1cccc(NC(=O)CN2C(=O)C(C)(C)Oc3ccc(C(=O)NC4CCCC4)cc32)c1. The number of methoxy groups -OCH3 is 1. The smallest absolute Gasteiger partial charge is 0.271 e. The van der Waals surface area contributed by atoms with Crippen LogP contribution in [0.2, 0.25) is 0 Å². The highest BCUT2D eigenvalue weighted by molar-refractivity contribution is 6.08. The quantitative estimate of drug-likeness (QED) is 0.701. The minimum Gasteiger partial charge on any atom is -0.497 e. The Morgan fingerprint density at radius 3 is 2.64 bits per heavy atom. The summed E-state index contributed by atoms with van der Waals surface area (Å²) in [5.74, 6) is 0.138. The van der Waals surface area contributed by atoms with Gasteiger partial charge in [-0.3, -0.25) is 19.3 Å².